The van der Waals surface area contributed by atoms with Crippen LogP contribution >= 0.6 is 11.3 Å². The summed E-state index contributed by atoms with van der Waals surface area (Å²) >= 11 is 1.37. The summed E-state index contributed by atoms with van der Waals surface area (Å²) in [6.07, 6.45) is 0.150. The van der Waals surface area contributed by atoms with Crippen LogP contribution in [-0.4, -0.2) is 11.8 Å². The molecule has 2 heterocycles. The predicted octanol–water partition coefficient (Wildman–Crippen LogP) is 1.57. The van der Waals surface area contributed by atoms with Gasteiger partial charge < -0.3 is 0 Å². The zero-order valence-electron chi connectivity index (χ0n) is 6.82. The fourth-order valence-electron chi connectivity index (χ4n) is 1.23. The van der Waals surface area contributed by atoms with E-state index in [4.69, 9.17) is 0 Å². The van der Waals surface area contributed by atoms with Crippen LogP contribution in [0.3, 0.4) is 0 Å². The molecule has 0 N–H and O–H groups in total. The number of thiophene rings is 1. The van der Waals surface area contributed by atoms with Crippen molar-refractivity contribution < 1.29 is 9.59 Å². The molecule has 0 aromatic carbocycles. The van der Waals surface area contributed by atoms with E-state index in [1.165, 1.54) is 16.2 Å². The van der Waals surface area contributed by atoms with Crippen LogP contribution in [0.4, 0.5) is 5.00 Å². The van der Waals surface area contributed by atoms with Crippen LogP contribution in [0.1, 0.15) is 6.42 Å². The van der Waals surface area contributed by atoms with E-state index < -0.39 is 0 Å². The zero-order chi connectivity index (χ0) is 9.42. The van der Waals surface area contributed by atoms with Gasteiger partial charge in [-0.1, -0.05) is 6.58 Å². The molecule has 0 aliphatic carbocycles. The number of amides is 2. The monoisotopic (exact) mass is 193 g/mol. The highest BCUT2D eigenvalue weighted by Crippen LogP contribution is 2.28. The van der Waals surface area contributed by atoms with Crippen LogP contribution in [0.2, 0.25) is 0 Å². The maximum Gasteiger partial charge on any atom is 0.261 e. The first-order valence-electron chi connectivity index (χ1n) is 3.78. The van der Waals surface area contributed by atoms with Crippen LogP contribution in [0.5, 0.6) is 0 Å². The molecule has 13 heavy (non-hydrogen) atoms. The third kappa shape index (κ3) is 1.19. The standard InChI is InChI=1S/C9H7NO2S/c1-6-5-7(11)10(9(6)12)8-3-2-4-13-8/h2-4H,1,5H2. The van der Waals surface area contributed by atoms with E-state index in [-0.39, 0.29) is 18.2 Å². The molecular formula is C9H7NO2S. The third-order valence-corrected chi connectivity index (χ3v) is 2.70. The van der Waals surface area contributed by atoms with Crippen molar-refractivity contribution in [3.63, 3.8) is 0 Å². The number of carbonyl (C=O) groups is 2. The van der Waals surface area contributed by atoms with E-state index in [1.54, 1.807) is 6.07 Å². The molecule has 1 saturated heterocycles. The Kier molecular flexibility index (Phi) is 1.77. The van der Waals surface area contributed by atoms with Crippen molar-refractivity contribution in [2.24, 2.45) is 0 Å². The molecule has 0 atom stereocenters. The first-order chi connectivity index (χ1) is 6.20. The van der Waals surface area contributed by atoms with Crippen LogP contribution in [0.15, 0.2) is 29.7 Å². The fourth-order valence-corrected chi connectivity index (χ4v) is 1.97. The van der Waals surface area contributed by atoms with E-state index in [9.17, 15) is 9.59 Å². The van der Waals surface area contributed by atoms with E-state index in [0.717, 1.165) is 0 Å². The van der Waals surface area contributed by atoms with Crippen LogP contribution in [-0.2, 0) is 9.59 Å². The maximum absolute atomic E-state index is 11.4. The van der Waals surface area contributed by atoms with Gasteiger partial charge in [-0.3, -0.25) is 9.59 Å². The molecule has 66 valence electrons. The smallest absolute Gasteiger partial charge is 0.261 e. The highest BCUT2D eigenvalue weighted by Gasteiger charge is 2.33. The van der Waals surface area contributed by atoms with Gasteiger partial charge in [0.1, 0.15) is 5.00 Å². The number of nitrogens with zero attached hydrogens (tertiary/aromatic N) is 1. The first-order valence-corrected chi connectivity index (χ1v) is 4.66. The second kappa shape index (κ2) is 2.81. The quantitative estimate of drug-likeness (QED) is 0.501. The molecule has 1 aliphatic rings. The molecule has 2 amide bonds. The molecule has 0 spiro atoms. The molecule has 1 aromatic rings. The van der Waals surface area contributed by atoms with Crippen molar-refractivity contribution in [1.82, 2.24) is 0 Å². The Balaban J connectivity index is 2.40. The Hall–Kier alpha value is -1.42. The summed E-state index contributed by atoms with van der Waals surface area (Å²) in [6.45, 7) is 3.54. The lowest BCUT2D eigenvalue weighted by Gasteiger charge is -2.09. The summed E-state index contributed by atoms with van der Waals surface area (Å²) in [5.41, 5.74) is 0.374. The van der Waals surface area contributed by atoms with Gasteiger partial charge in [-0.2, -0.15) is 0 Å². The highest BCUT2D eigenvalue weighted by molar-refractivity contribution is 7.14. The van der Waals surface area contributed by atoms with E-state index in [2.05, 4.69) is 6.58 Å². The van der Waals surface area contributed by atoms with Crippen molar-refractivity contribution >= 4 is 28.2 Å². The van der Waals surface area contributed by atoms with Gasteiger partial charge in [0.25, 0.3) is 5.91 Å². The number of anilines is 1. The summed E-state index contributed by atoms with van der Waals surface area (Å²) in [6, 6.07) is 3.56. The zero-order valence-corrected chi connectivity index (χ0v) is 7.63. The van der Waals surface area contributed by atoms with Crippen molar-refractivity contribution in [1.29, 1.82) is 0 Å². The summed E-state index contributed by atoms with van der Waals surface area (Å²) < 4.78 is 0. The lowest BCUT2D eigenvalue weighted by molar-refractivity contribution is -0.120. The maximum atomic E-state index is 11.4. The van der Waals surface area contributed by atoms with Gasteiger partial charge in [0.2, 0.25) is 5.91 Å². The van der Waals surface area contributed by atoms with Crippen molar-refractivity contribution in [3.8, 4) is 0 Å². The number of imide groups is 1. The summed E-state index contributed by atoms with van der Waals surface area (Å²) in [7, 11) is 0. The Morgan fingerprint density at radius 2 is 2.23 bits per heavy atom. The molecule has 1 aromatic heterocycles. The molecular weight excluding hydrogens is 186 g/mol. The topological polar surface area (TPSA) is 37.4 Å². The lowest BCUT2D eigenvalue weighted by atomic mass is 10.3. The molecule has 0 bridgehead atoms. The first kappa shape index (κ1) is 8.19. The molecule has 1 fully saturated rings. The molecule has 2 rings (SSSR count). The Bertz CT molecular complexity index is 380. The van der Waals surface area contributed by atoms with E-state index in [0.29, 0.717) is 10.6 Å². The number of rotatable bonds is 1. The normalized spacial score (nSPS) is 17.2. The average Bonchev–Trinajstić information content (AvgIpc) is 2.63. The molecule has 0 saturated carbocycles. The van der Waals surface area contributed by atoms with Crippen LogP contribution < -0.4 is 4.90 Å². The lowest BCUT2D eigenvalue weighted by Crippen LogP contribution is -2.27. The fraction of sp³-hybridized carbons (Fsp3) is 0.111. The molecule has 0 unspecified atom stereocenters. The second-order valence-electron chi connectivity index (χ2n) is 2.77. The van der Waals surface area contributed by atoms with Crippen molar-refractivity contribution in [2.75, 3.05) is 4.90 Å². The largest absolute Gasteiger partial charge is 0.274 e. The van der Waals surface area contributed by atoms with Gasteiger partial charge in [0, 0.05) is 5.57 Å². The Morgan fingerprint density at radius 1 is 1.46 bits per heavy atom. The van der Waals surface area contributed by atoms with E-state index >= 15 is 0 Å². The molecule has 4 heteroatoms. The van der Waals surface area contributed by atoms with Crippen LogP contribution in [0, 0.1) is 0 Å². The van der Waals surface area contributed by atoms with Crippen molar-refractivity contribution in [3.05, 3.63) is 29.7 Å². The third-order valence-electron chi connectivity index (χ3n) is 1.85. The highest BCUT2D eigenvalue weighted by atomic mass is 32.1. The summed E-state index contributed by atoms with van der Waals surface area (Å²) in [4.78, 5) is 24.0. The van der Waals surface area contributed by atoms with Gasteiger partial charge in [-0.15, -0.1) is 11.3 Å². The number of carbonyl (C=O) groups excluding carboxylic acids is 2. The Labute approximate surface area is 79.3 Å². The van der Waals surface area contributed by atoms with Gasteiger partial charge in [0.15, 0.2) is 0 Å². The summed E-state index contributed by atoms with van der Waals surface area (Å²) in [5, 5.41) is 2.51. The average molecular weight is 193 g/mol. The van der Waals surface area contributed by atoms with Crippen LogP contribution in [0.25, 0.3) is 0 Å². The molecule has 1 aliphatic heterocycles. The minimum atomic E-state index is -0.271. The van der Waals surface area contributed by atoms with Gasteiger partial charge in [-0.05, 0) is 17.5 Å². The molecule has 3 nitrogen and oxygen atoms in total. The molecule has 0 radical (unpaired) electrons. The van der Waals surface area contributed by atoms with Crippen molar-refractivity contribution in [2.45, 2.75) is 6.42 Å². The predicted molar refractivity (Wildman–Crippen MR) is 50.6 cm³/mol. The summed E-state index contributed by atoms with van der Waals surface area (Å²) in [5.74, 6) is -0.454. The number of hydrogen-bond donors (Lipinski definition) is 0. The van der Waals surface area contributed by atoms with Gasteiger partial charge in [0.05, 0.1) is 6.42 Å². The Morgan fingerprint density at radius 3 is 2.69 bits per heavy atom. The van der Waals surface area contributed by atoms with Gasteiger partial charge in [-0.25, -0.2) is 4.90 Å². The van der Waals surface area contributed by atoms with E-state index in [1.807, 2.05) is 11.4 Å². The second-order valence-corrected chi connectivity index (χ2v) is 3.69. The number of hydrogen-bond acceptors (Lipinski definition) is 3. The minimum Gasteiger partial charge on any atom is -0.274 e. The minimum absolute atomic E-state index is 0.150. The SMILES string of the molecule is C=C1CC(=O)N(c2cccs2)C1=O. The van der Waals surface area contributed by atoms with Gasteiger partial charge >= 0.3 is 0 Å².